The van der Waals surface area contributed by atoms with Gasteiger partial charge in [-0.3, -0.25) is 9.89 Å². The maximum atomic E-state index is 13.8. The normalized spacial score (nSPS) is 11.1. The first-order chi connectivity index (χ1) is 13.6. The van der Waals surface area contributed by atoms with Crippen LogP contribution >= 0.6 is 0 Å². The second-order valence-corrected chi connectivity index (χ2v) is 6.48. The molecule has 0 atom stereocenters. The lowest BCUT2D eigenvalue weighted by Crippen LogP contribution is -2.31. The molecule has 1 N–H and O–H groups in total. The molecule has 28 heavy (non-hydrogen) atoms. The van der Waals surface area contributed by atoms with E-state index in [0.29, 0.717) is 35.2 Å². The van der Waals surface area contributed by atoms with Gasteiger partial charge in [-0.15, -0.1) is 0 Å². The zero-order valence-corrected chi connectivity index (χ0v) is 15.6. The maximum Gasteiger partial charge on any atom is 0.255 e. The Bertz CT molecular complexity index is 1140. The number of aryl methyl sites for hydroxylation is 1. The Labute approximate surface area is 160 Å². The number of pyridine rings is 1. The van der Waals surface area contributed by atoms with Crippen LogP contribution in [-0.4, -0.2) is 42.1 Å². The van der Waals surface area contributed by atoms with E-state index in [0.717, 1.165) is 11.4 Å². The van der Waals surface area contributed by atoms with Gasteiger partial charge in [0, 0.05) is 49.2 Å². The zero-order valence-electron chi connectivity index (χ0n) is 15.6. The number of aromatic amines is 1. The summed E-state index contributed by atoms with van der Waals surface area (Å²) >= 11 is 0. The fourth-order valence-corrected chi connectivity index (χ4v) is 3.13. The molecule has 0 radical (unpaired) electrons. The van der Waals surface area contributed by atoms with Crippen LogP contribution in [0.25, 0.3) is 22.2 Å². The minimum absolute atomic E-state index is 0.158. The van der Waals surface area contributed by atoms with Gasteiger partial charge in [-0.1, -0.05) is 0 Å². The van der Waals surface area contributed by atoms with E-state index in [1.165, 1.54) is 12.1 Å². The fraction of sp³-hybridized carbons (Fsp3) is 0.200. The predicted molar refractivity (Wildman–Crippen MR) is 103 cm³/mol. The Morgan fingerprint density at radius 1 is 1.32 bits per heavy atom. The molecule has 0 bridgehead atoms. The van der Waals surface area contributed by atoms with E-state index in [1.54, 1.807) is 35.6 Å². The second-order valence-electron chi connectivity index (χ2n) is 6.48. The fourth-order valence-electron chi connectivity index (χ4n) is 3.13. The third-order valence-corrected chi connectivity index (χ3v) is 4.72. The van der Waals surface area contributed by atoms with Crippen molar-refractivity contribution in [2.45, 2.75) is 13.5 Å². The first-order valence-electron chi connectivity index (χ1n) is 8.91. The molecule has 0 aliphatic heterocycles. The van der Waals surface area contributed by atoms with Gasteiger partial charge in [-0.25, -0.2) is 14.4 Å². The molecule has 0 saturated carbocycles. The number of carbonyl (C=O) groups excluding carboxylic acids is 1. The molecule has 0 saturated heterocycles. The topological polar surface area (TPSA) is 79.7 Å². The SMILES string of the molecule is CCN(Cc1nccn1C)C(=O)c1cc(-c2cn[nH]c2)nc2cc(F)ccc12. The van der Waals surface area contributed by atoms with E-state index in [2.05, 4.69) is 20.2 Å². The minimum Gasteiger partial charge on any atom is -0.337 e. The molecular weight excluding hydrogens is 359 g/mol. The van der Waals surface area contributed by atoms with Crippen molar-refractivity contribution in [2.75, 3.05) is 6.54 Å². The van der Waals surface area contributed by atoms with Crippen LogP contribution in [0.3, 0.4) is 0 Å². The van der Waals surface area contributed by atoms with Crippen LogP contribution in [0.4, 0.5) is 4.39 Å². The van der Waals surface area contributed by atoms with E-state index < -0.39 is 5.82 Å². The molecule has 0 aliphatic carbocycles. The van der Waals surface area contributed by atoms with Crippen molar-refractivity contribution in [1.29, 1.82) is 0 Å². The number of hydrogen-bond acceptors (Lipinski definition) is 4. The van der Waals surface area contributed by atoms with Crippen LogP contribution in [0, 0.1) is 5.82 Å². The lowest BCUT2D eigenvalue weighted by Gasteiger charge is -2.22. The average molecular weight is 378 g/mol. The molecule has 0 spiro atoms. The number of benzene rings is 1. The number of nitrogens with zero attached hydrogens (tertiary/aromatic N) is 5. The maximum absolute atomic E-state index is 13.8. The molecule has 4 aromatic rings. The summed E-state index contributed by atoms with van der Waals surface area (Å²) in [5.74, 6) is 0.229. The van der Waals surface area contributed by atoms with Crippen molar-refractivity contribution in [1.82, 2.24) is 29.6 Å². The highest BCUT2D eigenvalue weighted by Crippen LogP contribution is 2.26. The van der Waals surface area contributed by atoms with Gasteiger partial charge in [-0.2, -0.15) is 5.10 Å². The molecule has 7 nitrogen and oxygen atoms in total. The Hall–Kier alpha value is -3.55. The third-order valence-electron chi connectivity index (χ3n) is 4.72. The van der Waals surface area contributed by atoms with E-state index >= 15 is 0 Å². The third kappa shape index (κ3) is 3.24. The standard InChI is InChI=1S/C20H19FN6O/c1-3-27(12-19-22-6-7-26(19)2)20(28)16-9-17(13-10-23-24-11-13)25-18-8-14(21)4-5-15(16)18/h4-11H,3,12H2,1-2H3,(H,23,24). The summed E-state index contributed by atoms with van der Waals surface area (Å²) in [6, 6.07) is 6.01. The van der Waals surface area contributed by atoms with Crippen molar-refractivity contribution in [3.63, 3.8) is 0 Å². The highest BCUT2D eigenvalue weighted by Gasteiger charge is 2.21. The van der Waals surface area contributed by atoms with Crippen LogP contribution in [0.2, 0.25) is 0 Å². The van der Waals surface area contributed by atoms with Gasteiger partial charge in [0.05, 0.1) is 29.5 Å². The number of aromatic nitrogens is 5. The van der Waals surface area contributed by atoms with Crippen molar-refractivity contribution in [2.24, 2.45) is 7.05 Å². The quantitative estimate of drug-likeness (QED) is 0.579. The number of H-pyrrole nitrogens is 1. The minimum atomic E-state index is -0.400. The lowest BCUT2D eigenvalue weighted by molar-refractivity contribution is 0.0749. The van der Waals surface area contributed by atoms with Crippen molar-refractivity contribution in [3.8, 4) is 11.3 Å². The first-order valence-corrected chi connectivity index (χ1v) is 8.91. The Kier molecular flexibility index (Phi) is 4.60. The number of hydrogen-bond donors (Lipinski definition) is 1. The van der Waals surface area contributed by atoms with E-state index in [-0.39, 0.29) is 5.91 Å². The summed E-state index contributed by atoms with van der Waals surface area (Å²) in [6.07, 6.45) is 6.85. The number of rotatable bonds is 5. The number of carbonyl (C=O) groups is 1. The number of amides is 1. The summed E-state index contributed by atoms with van der Waals surface area (Å²) in [4.78, 5) is 23.9. The van der Waals surface area contributed by atoms with Gasteiger partial charge in [0.1, 0.15) is 11.6 Å². The van der Waals surface area contributed by atoms with Gasteiger partial charge in [-0.05, 0) is 25.1 Å². The van der Waals surface area contributed by atoms with Crippen molar-refractivity contribution < 1.29 is 9.18 Å². The van der Waals surface area contributed by atoms with Crippen LogP contribution in [0.1, 0.15) is 23.1 Å². The molecule has 8 heteroatoms. The highest BCUT2D eigenvalue weighted by atomic mass is 19.1. The molecule has 0 aliphatic rings. The van der Waals surface area contributed by atoms with Crippen molar-refractivity contribution >= 4 is 16.8 Å². The number of fused-ring (bicyclic) bond motifs is 1. The average Bonchev–Trinajstić information content (AvgIpc) is 3.36. The first kappa shape index (κ1) is 17.8. The van der Waals surface area contributed by atoms with Crippen LogP contribution in [-0.2, 0) is 13.6 Å². The van der Waals surface area contributed by atoms with Gasteiger partial charge < -0.3 is 9.47 Å². The number of imidazole rings is 1. The Morgan fingerprint density at radius 3 is 2.86 bits per heavy atom. The number of nitrogens with one attached hydrogen (secondary N) is 1. The molecule has 4 rings (SSSR count). The van der Waals surface area contributed by atoms with Crippen LogP contribution in [0.15, 0.2) is 49.1 Å². The zero-order chi connectivity index (χ0) is 19.7. The summed E-state index contributed by atoms with van der Waals surface area (Å²) in [7, 11) is 1.89. The van der Waals surface area contributed by atoms with E-state index in [1.807, 2.05) is 24.7 Å². The van der Waals surface area contributed by atoms with Gasteiger partial charge >= 0.3 is 0 Å². The number of halogens is 1. The Balaban J connectivity index is 1.81. The van der Waals surface area contributed by atoms with Gasteiger partial charge in [0.15, 0.2) is 0 Å². The molecular formula is C20H19FN6O. The van der Waals surface area contributed by atoms with Gasteiger partial charge in [0.2, 0.25) is 0 Å². The monoisotopic (exact) mass is 378 g/mol. The molecule has 1 aromatic carbocycles. The summed E-state index contributed by atoms with van der Waals surface area (Å²) in [6.45, 7) is 2.81. The molecule has 1 amide bonds. The smallest absolute Gasteiger partial charge is 0.255 e. The second kappa shape index (κ2) is 7.22. The molecule has 0 fully saturated rings. The summed E-state index contributed by atoms with van der Waals surface area (Å²) in [5.41, 5.74) is 2.18. The van der Waals surface area contributed by atoms with E-state index in [9.17, 15) is 9.18 Å². The van der Waals surface area contributed by atoms with Crippen molar-refractivity contribution in [3.05, 3.63) is 66.3 Å². The summed E-state index contributed by atoms with van der Waals surface area (Å²) in [5, 5.41) is 7.28. The van der Waals surface area contributed by atoms with Gasteiger partial charge in [0.25, 0.3) is 5.91 Å². The molecule has 142 valence electrons. The molecule has 3 heterocycles. The highest BCUT2D eigenvalue weighted by molar-refractivity contribution is 6.07. The van der Waals surface area contributed by atoms with Crippen LogP contribution in [0.5, 0.6) is 0 Å². The summed E-state index contributed by atoms with van der Waals surface area (Å²) < 4.78 is 15.7. The van der Waals surface area contributed by atoms with Crippen LogP contribution < -0.4 is 0 Å². The molecule has 0 unspecified atom stereocenters. The predicted octanol–water partition coefficient (Wildman–Crippen LogP) is 3.16. The largest absolute Gasteiger partial charge is 0.337 e. The molecule has 3 aromatic heterocycles. The lowest BCUT2D eigenvalue weighted by atomic mass is 10.0. The Morgan fingerprint density at radius 2 is 2.18 bits per heavy atom. The van der Waals surface area contributed by atoms with E-state index in [4.69, 9.17) is 0 Å².